The van der Waals surface area contributed by atoms with Crippen LogP contribution in [0.25, 0.3) is 0 Å². The van der Waals surface area contributed by atoms with E-state index in [1.807, 2.05) is 32.0 Å². The standard InChI is InChI=1S/C18H25NO3S/c1-12(2)9-15(16(20)21)19-17(22)18(11-23)8-7-13-5-3-4-6-14(13)10-18/h3-6,12,15,23H,7-11H2,1-2H3,(H,19,22)(H,20,21)/t15-,18?/m0/s1. The number of carbonyl (C=O) groups excluding carboxylic acids is 1. The fraction of sp³-hybridized carbons (Fsp3) is 0.556. The molecule has 4 nitrogen and oxygen atoms in total. The molecular weight excluding hydrogens is 310 g/mol. The van der Waals surface area contributed by atoms with E-state index in [1.165, 1.54) is 11.1 Å². The van der Waals surface area contributed by atoms with Gasteiger partial charge in [-0.25, -0.2) is 4.79 Å². The highest BCUT2D eigenvalue weighted by Gasteiger charge is 2.41. The van der Waals surface area contributed by atoms with Gasteiger partial charge in [0, 0.05) is 5.75 Å². The normalized spacial score (nSPS) is 21.6. The van der Waals surface area contributed by atoms with Crippen LogP contribution in [0, 0.1) is 11.3 Å². The van der Waals surface area contributed by atoms with Gasteiger partial charge in [0.2, 0.25) is 5.91 Å². The summed E-state index contributed by atoms with van der Waals surface area (Å²) in [6.45, 7) is 3.90. The van der Waals surface area contributed by atoms with Crippen molar-refractivity contribution in [2.75, 3.05) is 5.75 Å². The number of hydrogen-bond acceptors (Lipinski definition) is 3. The van der Waals surface area contributed by atoms with Crippen LogP contribution in [0.5, 0.6) is 0 Å². The molecule has 0 spiro atoms. The molecule has 0 saturated heterocycles. The van der Waals surface area contributed by atoms with Crippen LogP contribution in [0.15, 0.2) is 24.3 Å². The van der Waals surface area contributed by atoms with Gasteiger partial charge in [-0.05, 0) is 42.7 Å². The average Bonchev–Trinajstić information content (AvgIpc) is 2.53. The number of aryl methyl sites for hydroxylation is 1. The van der Waals surface area contributed by atoms with Crippen molar-refractivity contribution >= 4 is 24.5 Å². The molecule has 126 valence electrons. The van der Waals surface area contributed by atoms with Crippen LogP contribution in [-0.2, 0) is 22.4 Å². The number of aliphatic carboxylic acids is 1. The molecule has 1 aliphatic carbocycles. The van der Waals surface area contributed by atoms with E-state index < -0.39 is 17.4 Å². The van der Waals surface area contributed by atoms with Crippen molar-refractivity contribution in [1.29, 1.82) is 0 Å². The first-order chi connectivity index (χ1) is 10.9. The summed E-state index contributed by atoms with van der Waals surface area (Å²) in [6, 6.07) is 7.29. The maximum atomic E-state index is 12.8. The van der Waals surface area contributed by atoms with Gasteiger partial charge in [-0.1, -0.05) is 38.1 Å². The predicted octanol–water partition coefficient (Wildman–Crippen LogP) is 2.71. The third-order valence-electron chi connectivity index (χ3n) is 4.61. The van der Waals surface area contributed by atoms with Crippen LogP contribution in [-0.4, -0.2) is 28.8 Å². The third kappa shape index (κ3) is 4.08. The van der Waals surface area contributed by atoms with Crippen LogP contribution in [0.1, 0.15) is 37.8 Å². The monoisotopic (exact) mass is 335 g/mol. The molecule has 1 amide bonds. The van der Waals surface area contributed by atoms with Crippen molar-refractivity contribution in [3.8, 4) is 0 Å². The summed E-state index contributed by atoms with van der Waals surface area (Å²) in [5.41, 5.74) is 1.82. The highest BCUT2D eigenvalue weighted by molar-refractivity contribution is 7.80. The van der Waals surface area contributed by atoms with E-state index in [4.69, 9.17) is 0 Å². The lowest BCUT2D eigenvalue weighted by Gasteiger charge is -2.36. The van der Waals surface area contributed by atoms with Gasteiger partial charge in [0.05, 0.1) is 5.41 Å². The molecule has 1 aromatic rings. The summed E-state index contributed by atoms with van der Waals surface area (Å²) in [5, 5.41) is 12.1. The van der Waals surface area contributed by atoms with E-state index in [-0.39, 0.29) is 11.8 Å². The van der Waals surface area contributed by atoms with Gasteiger partial charge >= 0.3 is 5.97 Å². The molecule has 0 bridgehead atoms. The van der Waals surface area contributed by atoms with Crippen LogP contribution in [0.2, 0.25) is 0 Å². The molecule has 23 heavy (non-hydrogen) atoms. The zero-order valence-electron chi connectivity index (χ0n) is 13.7. The zero-order chi connectivity index (χ0) is 17.0. The number of fused-ring (bicyclic) bond motifs is 1. The third-order valence-corrected chi connectivity index (χ3v) is 5.22. The fourth-order valence-corrected chi connectivity index (χ4v) is 3.62. The molecule has 1 aliphatic rings. The molecule has 0 aliphatic heterocycles. The van der Waals surface area contributed by atoms with Crippen molar-refractivity contribution < 1.29 is 14.7 Å². The Morgan fingerprint density at radius 2 is 1.96 bits per heavy atom. The molecule has 2 rings (SSSR count). The molecule has 0 heterocycles. The van der Waals surface area contributed by atoms with Gasteiger partial charge in [0.1, 0.15) is 6.04 Å². The Kier molecular flexibility index (Phi) is 5.74. The number of carbonyl (C=O) groups is 2. The Labute approximate surface area is 143 Å². The smallest absolute Gasteiger partial charge is 0.326 e. The van der Waals surface area contributed by atoms with E-state index in [2.05, 4.69) is 24.0 Å². The van der Waals surface area contributed by atoms with Crippen molar-refractivity contribution in [2.45, 2.75) is 45.6 Å². The molecule has 1 unspecified atom stereocenters. The summed E-state index contributed by atoms with van der Waals surface area (Å²) in [4.78, 5) is 24.2. The summed E-state index contributed by atoms with van der Waals surface area (Å²) in [6.07, 6.45) is 2.58. The lowest BCUT2D eigenvalue weighted by atomic mass is 9.72. The van der Waals surface area contributed by atoms with Crippen molar-refractivity contribution in [2.24, 2.45) is 11.3 Å². The van der Waals surface area contributed by atoms with Crippen molar-refractivity contribution in [1.82, 2.24) is 5.32 Å². The zero-order valence-corrected chi connectivity index (χ0v) is 14.6. The van der Waals surface area contributed by atoms with E-state index in [0.29, 0.717) is 25.0 Å². The molecule has 0 saturated carbocycles. The molecule has 0 fully saturated rings. The molecular formula is C18H25NO3S. The van der Waals surface area contributed by atoms with E-state index >= 15 is 0 Å². The Morgan fingerprint density at radius 1 is 1.30 bits per heavy atom. The average molecular weight is 335 g/mol. The number of benzene rings is 1. The van der Waals surface area contributed by atoms with Gasteiger partial charge in [-0.2, -0.15) is 12.6 Å². The Balaban J connectivity index is 2.17. The van der Waals surface area contributed by atoms with Gasteiger partial charge in [0.25, 0.3) is 0 Å². The Bertz CT molecular complexity index is 587. The van der Waals surface area contributed by atoms with E-state index in [1.54, 1.807) is 0 Å². The van der Waals surface area contributed by atoms with Gasteiger partial charge in [-0.3, -0.25) is 4.79 Å². The first kappa shape index (κ1) is 17.9. The van der Waals surface area contributed by atoms with Crippen LogP contribution in [0.4, 0.5) is 0 Å². The second-order valence-corrected chi connectivity index (χ2v) is 7.19. The first-order valence-corrected chi connectivity index (χ1v) is 8.72. The lowest BCUT2D eigenvalue weighted by Crippen LogP contribution is -2.51. The minimum absolute atomic E-state index is 0.185. The summed E-state index contributed by atoms with van der Waals surface area (Å²) < 4.78 is 0. The topological polar surface area (TPSA) is 66.4 Å². The maximum Gasteiger partial charge on any atom is 0.326 e. The predicted molar refractivity (Wildman–Crippen MR) is 93.8 cm³/mol. The second-order valence-electron chi connectivity index (χ2n) is 6.88. The van der Waals surface area contributed by atoms with Crippen LogP contribution in [0.3, 0.4) is 0 Å². The Hall–Kier alpha value is -1.49. The number of nitrogens with one attached hydrogen (secondary N) is 1. The maximum absolute atomic E-state index is 12.8. The number of carboxylic acid groups (broad SMARTS) is 1. The van der Waals surface area contributed by atoms with Crippen LogP contribution >= 0.6 is 12.6 Å². The van der Waals surface area contributed by atoms with Gasteiger partial charge in [0.15, 0.2) is 0 Å². The number of hydrogen-bond donors (Lipinski definition) is 3. The molecule has 5 heteroatoms. The highest BCUT2D eigenvalue weighted by atomic mass is 32.1. The summed E-state index contributed by atoms with van der Waals surface area (Å²) in [5.74, 6) is -0.538. The van der Waals surface area contributed by atoms with Crippen molar-refractivity contribution in [3.63, 3.8) is 0 Å². The minimum atomic E-state index is -0.974. The largest absolute Gasteiger partial charge is 0.480 e. The SMILES string of the molecule is CC(C)C[C@H](NC(=O)C1(CS)CCc2ccccc2C1)C(=O)O. The fourth-order valence-electron chi connectivity index (χ4n) is 3.21. The van der Waals surface area contributed by atoms with E-state index in [9.17, 15) is 14.7 Å². The van der Waals surface area contributed by atoms with Crippen LogP contribution < -0.4 is 5.32 Å². The van der Waals surface area contributed by atoms with Gasteiger partial charge < -0.3 is 10.4 Å². The number of rotatable bonds is 6. The van der Waals surface area contributed by atoms with Crippen molar-refractivity contribution in [3.05, 3.63) is 35.4 Å². The number of amides is 1. The molecule has 2 atom stereocenters. The number of thiol groups is 1. The lowest BCUT2D eigenvalue weighted by molar-refractivity contribution is -0.144. The molecule has 0 aromatic heterocycles. The molecule has 2 N–H and O–H groups in total. The quantitative estimate of drug-likeness (QED) is 0.700. The highest BCUT2D eigenvalue weighted by Crippen LogP contribution is 2.37. The van der Waals surface area contributed by atoms with Gasteiger partial charge in [-0.15, -0.1) is 0 Å². The van der Waals surface area contributed by atoms with E-state index in [0.717, 1.165) is 6.42 Å². The molecule has 0 radical (unpaired) electrons. The summed E-state index contributed by atoms with van der Waals surface area (Å²) >= 11 is 4.42. The second kappa shape index (κ2) is 7.39. The Morgan fingerprint density at radius 3 is 2.52 bits per heavy atom. The minimum Gasteiger partial charge on any atom is -0.480 e. The molecule has 1 aromatic carbocycles. The first-order valence-electron chi connectivity index (χ1n) is 8.09. The number of carboxylic acids is 1. The summed E-state index contributed by atoms with van der Waals surface area (Å²) in [7, 11) is 0.